The van der Waals surface area contributed by atoms with E-state index in [0.717, 1.165) is 32.5 Å². The molecule has 1 heterocycles. The van der Waals surface area contributed by atoms with Gasteiger partial charge in [0.05, 0.1) is 6.42 Å². The molecule has 0 radical (unpaired) electrons. The third-order valence-electron chi connectivity index (χ3n) is 4.13. The average molecular weight is 328 g/mol. The Hall–Kier alpha value is -1.56. The van der Waals surface area contributed by atoms with Crippen molar-refractivity contribution < 1.29 is 18.0 Å². The van der Waals surface area contributed by atoms with E-state index in [-0.39, 0.29) is 0 Å². The normalized spacial score (nSPS) is 19.0. The van der Waals surface area contributed by atoms with Gasteiger partial charge in [0.1, 0.15) is 0 Å². The van der Waals surface area contributed by atoms with Gasteiger partial charge in [-0.25, -0.2) is 0 Å². The molecule has 1 saturated heterocycles. The lowest BCUT2D eigenvalue weighted by molar-refractivity contribution is -0.144. The Morgan fingerprint density at radius 2 is 2.00 bits per heavy atom. The van der Waals surface area contributed by atoms with Crippen LogP contribution in [0.25, 0.3) is 0 Å². The zero-order valence-corrected chi connectivity index (χ0v) is 13.1. The lowest BCUT2D eigenvalue weighted by Gasteiger charge is -2.16. The Balaban J connectivity index is 1.60. The summed E-state index contributed by atoms with van der Waals surface area (Å²) in [6.45, 7) is 3.39. The number of carbonyl (C=O) groups excluding carboxylic acids is 1. The molecule has 1 atom stereocenters. The number of amides is 1. The smallest absolute Gasteiger partial charge is 0.356 e. The predicted octanol–water partition coefficient (Wildman–Crippen LogP) is 3.36. The summed E-state index contributed by atoms with van der Waals surface area (Å²) in [5.41, 5.74) is 1.29. The summed E-state index contributed by atoms with van der Waals surface area (Å²) < 4.78 is 36.1. The molecule has 1 aromatic rings. The average Bonchev–Trinajstić information content (AvgIpc) is 2.93. The van der Waals surface area contributed by atoms with Crippen molar-refractivity contribution in [3.05, 3.63) is 35.9 Å². The Kier molecular flexibility index (Phi) is 6.45. The van der Waals surface area contributed by atoms with Crippen molar-refractivity contribution in [3.63, 3.8) is 0 Å². The van der Waals surface area contributed by atoms with Gasteiger partial charge in [-0.2, -0.15) is 13.2 Å². The number of nitrogens with one attached hydrogen (secondary N) is 1. The van der Waals surface area contributed by atoms with Crippen molar-refractivity contribution in [1.82, 2.24) is 10.2 Å². The van der Waals surface area contributed by atoms with E-state index >= 15 is 0 Å². The number of nitrogens with zero attached hydrogens (tertiary/aromatic N) is 1. The maximum Gasteiger partial charge on any atom is 0.389 e. The zero-order chi connectivity index (χ0) is 16.7. The number of benzene rings is 1. The van der Waals surface area contributed by atoms with Crippen molar-refractivity contribution in [3.8, 4) is 0 Å². The summed E-state index contributed by atoms with van der Waals surface area (Å²) in [6, 6.07) is 10.3. The van der Waals surface area contributed by atoms with E-state index in [0.29, 0.717) is 12.5 Å². The molecule has 2 rings (SSSR count). The Labute approximate surface area is 134 Å². The van der Waals surface area contributed by atoms with Crippen molar-refractivity contribution >= 4 is 5.91 Å². The number of halogens is 3. The van der Waals surface area contributed by atoms with Crippen LogP contribution in [0.1, 0.15) is 31.2 Å². The SMILES string of the molecule is O=C(CCC(F)(F)F)NCC[C@H]1CCN(Cc2ccccc2)C1. The number of rotatable bonds is 7. The van der Waals surface area contributed by atoms with Crippen LogP contribution in [0.4, 0.5) is 13.2 Å². The number of carbonyl (C=O) groups is 1. The number of hydrogen-bond donors (Lipinski definition) is 1. The minimum atomic E-state index is -4.26. The Bertz CT molecular complexity index is 490. The van der Waals surface area contributed by atoms with Gasteiger partial charge in [-0.05, 0) is 30.9 Å². The Morgan fingerprint density at radius 1 is 1.26 bits per heavy atom. The highest BCUT2D eigenvalue weighted by atomic mass is 19.4. The number of hydrogen-bond acceptors (Lipinski definition) is 2. The second-order valence-corrected chi connectivity index (χ2v) is 6.13. The van der Waals surface area contributed by atoms with Gasteiger partial charge < -0.3 is 5.32 Å². The standard InChI is InChI=1S/C17H23F3N2O/c18-17(19,20)9-6-16(23)21-10-7-15-8-11-22(13-15)12-14-4-2-1-3-5-14/h1-5,15H,6-13H2,(H,21,23)/t15-/m0/s1. The van der Waals surface area contributed by atoms with Crippen LogP contribution >= 0.6 is 0 Å². The van der Waals surface area contributed by atoms with Crippen LogP contribution in [0.5, 0.6) is 0 Å². The first-order valence-electron chi connectivity index (χ1n) is 8.02. The molecule has 0 unspecified atom stereocenters. The van der Waals surface area contributed by atoms with E-state index in [4.69, 9.17) is 0 Å². The molecule has 0 aliphatic carbocycles. The molecule has 6 heteroatoms. The molecule has 0 saturated carbocycles. The molecule has 0 spiro atoms. The minimum absolute atomic E-state index is 0.459. The molecular weight excluding hydrogens is 305 g/mol. The van der Waals surface area contributed by atoms with Gasteiger partial charge in [0.2, 0.25) is 5.91 Å². The van der Waals surface area contributed by atoms with E-state index in [1.807, 2.05) is 18.2 Å². The molecule has 23 heavy (non-hydrogen) atoms. The van der Waals surface area contributed by atoms with Gasteiger partial charge in [-0.3, -0.25) is 9.69 Å². The van der Waals surface area contributed by atoms with Crippen LogP contribution in [0.15, 0.2) is 30.3 Å². The maximum atomic E-state index is 12.0. The third kappa shape index (κ3) is 7.03. The summed E-state index contributed by atoms with van der Waals surface area (Å²) in [4.78, 5) is 13.7. The molecule has 1 amide bonds. The van der Waals surface area contributed by atoms with Crippen LogP contribution in [-0.4, -0.2) is 36.6 Å². The molecule has 0 aromatic heterocycles. The number of alkyl halides is 3. The van der Waals surface area contributed by atoms with Crippen molar-refractivity contribution in [2.24, 2.45) is 5.92 Å². The molecule has 128 valence electrons. The first-order valence-corrected chi connectivity index (χ1v) is 8.02. The second kappa shape index (κ2) is 8.34. The van der Waals surface area contributed by atoms with E-state index in [9.17, 15) is 18.0 Å². The molecule has 1 aliphatic heterocycles. The van der Waals surface area contributed by atoms with Gasteiger partial charge in [-0.15, -0.1) is 0 Å². The Morgan fingerprint density at radius 3 is 2.70 bits per heavy atom. The largest absolute Gasteiger partial charge is 0.389 e. The van der Waals surface area contributed by atoms with Gasteiger partial charge in [0, 0.05) is 26.1 Å². The van der Waals surface area contributed by atoms with Crippen LogP contribution in [0, 0.1) is 5.92 Å². The fourth-order valence-electron chi connectivity index (χ4n) is 2.89. The van der Waals surface area contributed by atoms with E-state index in [2.05, 4.69) is 22.3 Å². The monoisotopic (exact) mass is 328 g/mol. The third-order valence-corrected chi connectivity index (χ3v) is 4.13. The quantitative estimate of drug-likeness (QED) is 0.832. The molecule has 3 nitrogen and oxygen atoms in total. The fourth-order valence-corrected chi connectivity index (χ4v) is 2.89. The molecule has 1 aromatic carbocycles. The number of likely N-dealkylation sites (tertiary alicyclic amines) is 1. The van der Waals surface area contributed by atoms with Crippen molar-refractivity contribution in [2.75, 3.05) is 19.6 Å². The maximum absolute atomic E-state index is 12.0. The molecule has 1 aliphatic rings. The minimum Gasteiger partial charge on any atom is -0.356 e. The molecule has 0 bridgehead atoms. The van der Waals surface area contributed by atoms with E-state index < -0.39 is 24.9 Å². The summed E-state index contributed by atoms with van der Waals surface area (Å²) >= 11 is 0. The van der Waals surface area contributed by atoms with Crippen LogP contribution in [0.2, 0.25) is 0 Å². The highest BCUT2D eigenvalue weighted by Gasteiger charge is 2.28. The summed E-state index contributed by atoms with van der Waals surface area (Å²) in [7, 11) is 0. The summed E-state index contributed by atoms with van der Waals surface area (Å²) in [5, 5.41) is 2.59. The van der Waals surface area contributed by atoms with Gasteiger partial charge in [0.15, 0.2) is 0 Å². The lowest BCUT2D eigenvalue weighted by atomic mass is 10.1. The first kappa shape index (κ1) is 17.8. The summed E-state index contributed by atoms with van der Waals surface area (Å²) in [6.07, 6.45) is -3.89. The van der Waals surface area contributed by atoms with Crippen molar-refractivity contribution in [2.45, 2.75) is 38.4 Å². The molecular formula is C17H23F3N2O. The fraction of sp³-hybridized carbons (Fsp3) is 0.588. The van der Waals surface area contributed by atoms with Crippen LogP contribution in [0.3, 0.4) is 0 Å². The van der Waals surface area contributed by atoms with Gasteiger partial charge in [-0.1, -0.05) is 30.3 Å². The van der Waals surface area contributed by atoms with Crippen LogP contribution < -0.4 is 5.32 Å². The first-order chi connectivity index (χ1) is 10.9. The topological polar surface area (TPSA) is 32.3 Å². The van der Waals surface area contributed by atoms with E-state index in [1.54, 1.807) is 0 Å². The highest BCUT2D eigenvalue weighted by molar-refractivity contribution is 5.75. The highest BCUT2D eigenvalue weighted by Crippen LogP contribution is 2.22. The lowest BCUT2D eigenvalue weighted by Crippen LogP contribution is -2.28. The molecule has 1 fully saturated rings. The van der Waals surface area contributed by atoms with Crippen molar-refractivity contribution in [1.29, 1.82) is 0 Å². The second-order valence-electron chi connectivity index (χ2n) is 6.13. The predicted molar refractivity (Wildman–Crippen MR) is 82.7 cm³/mol. The summed E-state index contributed by atoms with van der Waals surface area (Å²) in [5.74, 6) is -0.0110. The molecule has 1 N–H and O–H groups in total. The van der Waals surface area contributed by atoms with Crippen LogP contribution in [-0.2, 0) is 11.3 Å². The van der Waals surface area contributed by atoms with Gasteiger partial charge >= 0.3 is 6.18 Å². The van der Waals surface area contributed by atoms with E-state index in [1.165, 1.54) is 5.56 Å². The zero-order valence-electron chi connectivity index (χ0n) is 13.1. The van der Waals surface area contributed by atoms with Gasteiger partial charge in [0.25, 0.3) is 0 Å².